The molecule has 1 aromatic heterocycles. The summed E-state index contributed by atoms with van der Waals surface area (Å²) in [5.74, 6) is -0.323. The summed E-state index contributed by atoms with van der Waals surface area (Å²) >= 11 is 1.48. The Kier molecular flexibility index (Phi) is 4.37. The van der Waals surface area contributed by atoms with Crippen molar-refractivity contribution < 1.29 is 9.59 Å². The van der Waals surface area contributed by atoms with Crippen LogP contribution in [-0.2, 0) is 10.2 Å². The zero-order chi connectivity index (χ0) is 15.8. The number of amides is 2. The van der Waals surface area contributed by atoms with Crippen LogP contribution in [0.25, 0.3) is 0 Å². The molecular weight excluding hydrogens is 286 g/mol. The van der Waals surface area contributed by atoms with Crippen molar-refractivity contribution in [3.8, 4) is 0 Å². The fourth-order valence-corrected chi connectivity index (χ4v) is 3.52. The van der Waals surface area contributed by atoms with E-state index in [0.29, 0.717) is 25.9 Å². The van der Waals surface area contributed by atoms with Crippen LogP contribution in [0.3, 0.4) is 0 Å². The number of aromatic nitrogens is 1. The average molecular weight is 309 g/mol. The van der Waals surface area contributed by atoms with Crippen LogP contribution in [0, 0.1) is 12.8 Å². The molecule has 21 heavy (non-hydrogen) atoms. The smallest absolute Gasteiger partial charge is 0.265 e. The largest absolute Gasteiger partial charge is 0.369 e. The molecule has 2 rings (SSSR count). The minimum Gasteiger partial charge on any atom is -0.369 e. The second-order valence-corrected chi connectivity index (χ2v) is 7.65. The highest BCUT2D eigenvalue weighted by molar-refractivity contribution is 7.14. The third kappa shape index (κ3) is 3.43. The predicted molar refractivity (Wildman–Crippen MR) is 83.4 cm³/mol. The number of hydrogen-bond acceptors (Lipinski definition) is 4. The maximum Gasteiger partial charge on any atom is 0.265 e. The first-order valence-electron chi connectivity index (χ1n) is 7.26. The number of primary amides is 1. The highest BCUT2D eigenvalue weighted by Crippen LogP contribution is 2.30. The molecule has 0 aliphatic carbocycles. The Hall–Kier alpha value is -1.43. The van der Waals surface area contributed by atoms with Crippen molar-refractivity contribution in [1.29, 1.82) is 0 Å². The van der Waals surface area contributed by atoms with Gasteiger partial charge in [0.15, 0.2) is 0 Å². The van der Waals surface area contributed by atoms with Crippen LogP contribution in [0.5, 0.6) is 0 Å². The van der Waals surface area contributed by atoms with Gasteiger partial charge in [0.2, 0.25) is 5.91 Å². The number of nitrogens with two attached hydrogens (primary N) is 1. The summed E-state index contributed by atoms with van der Waals surface area (Å²) in [6.07, 6.45) is 1.32. The second-order valence-electron chi connectivity index (χ2n) is 6.65. The molecule has 2 amide bonds. The minimum absolute atomic E-state index is 0.0309. The van der Waals surface area contributed by atoms with E-state index in [0.717, 1.165) is 15.6 Å². The van der Waals surface area contributed by atoms with Crippen molar-refractivity contribution in [1.82, 2.24) is 9.88 Å². The number of hydrogen-bond donors (Lipinski definition) is 1. The maximum absolute atomic E-state index is 12.6. The number of piperidine rings is 1. The molecule has 0 saturated carbocycles. The molecule has 0 aromatic carbocycles. The Morgan fingerprint density at radius 2 is 1.86 bits per heavy atom. The van der Waals surface area contributed by atoms with Gasteiger partial charge in [0, 0.05) is 24.4 Å². The Bertz CT molecular complexity index is 552. The van der Waals surface area contributed by atoms with Gasteiger partial charge in [-0.05, 0) is 19.8 Å². The van der Waals surface area contributed by atoms with E-state index in [1.165, 1.54) is 11.3 Å². The molecule has 2 heterocycles. The molecule has 0 unspecified atom stereocenters. The molecule has 6 heteroatoms. The first kappa shape index (κ1) is 15.9. The molecule has 2 N–H and O–H groups in total. The summed E-state index contributed by atoms with van der Waals surface area (Å²) in [7, 11) is 0. The molecule has 0 bridgehead atoms. The second kappa shape index (κ2) is 5.75. The van der Waals surface area contributed by atoms with Gasteiger partial charge in [0.25, 0.3) is 5.91 Å². The summed E-state index contributed by atoms with van der Waals surface area (Å²) in [4.78, 5) is 30.9. The zero-order valence-electron chi connectivity index (χ0n) is 13.1. The highest BCUT2D eigenvalue weighted by atomic mass is 32.1. The van der Waals surface area contributed by atoms with E-state index in [-0.39, 0.29) is 23.1 Å². The van der Waals surface area contributed by atoms with Gasteiger partial charge in [-0.25, -0.2) is 4.98 Å². The lowest BCUT2D eigenvalue weighted by Crippen LogP contribution is -2.41. The number of rotatable bonds is 2. The van der Waals surface area contributed by atoms with Crippen molar-refractivity contribution in [3.05, 3.63) is 15.6 Å². The van der Waals surface area contributed by atoms with Crippen molar-refractivity contribution in [2.24, 2.45) is 11.7 Å². The van der Waals surface area contributed by atoms with E-state index >= 15 is 0 Å². The number of likely N-dealkylation sites (tertiary alicyclic amines) is 1. The van der Waals surface area contributed by atoms with E-state index in [1.807, 2.05) is 11.8 Å². The topological polar surface area (TPSA) is 76.3 Å². The van der Waals surface area contributed by atoms with Gasteiger partial charge >= 0.3 is 0 Å². The standard InChI is InChI=1S/C15H23N3O2S/c1-9-11(21-14(17-9)15(2,3)4)13(20)18-7-5-10(6-8-18)12(16)19/h10H,5-8H2,1-4H3,(H2,16,19). The summed E-state index contributed by atoms with van der Waals surface area (Å²) < 4.78 is 0. The molecule has 1 aliphatic heterocycles. The van der Waals surface area contributed by atoms with Gasteiger partial charge in [0.05, 0.1) is 10.7 Å². The minimum atomic E-state index is -0.258. The monoisotopic (exact) mass is 309 g/mol. The fraction of sp³-hybridized carbons (Fsp3) is 0.667. The lowest BCUT2D eigenvalue weighted by molar-refractivity contribution is -0.123. The van der Waals surface area contributed by atoms with E-state index in [1.54, 1.807) is 0 Å². The van der Waals surface area contributed by atoms with Gasteiger partial charge in [-0.3, -0.25) is 9.59 Å². The van der Waals surface area contributed by atoms with Crippen LogP contribution in [0.2, 0.25) is 0 Å². The Labute approximate surface area is 129 Å². The summed E-state index contributed by atoms with van der Waals surface area (Å²) in [5.41, 5.74) is 6.07. The van der Waals surface area contributed by atoms with Crippen LogP contribution in [0.1, 0.15) is 54.0 Å². The van der Waals surface area contributed by atoms with Crippen LogP contribution >= 0.6 is 11.3 Å². The SMILES string of the molecule is Cc1nc(C(C)(C)C)sc1C(=O)N1CCC(C(N)=O)CC1. The summed E-state index contributed by atoms with van der Waals surface area (Å²) in [6, 6.07) is 0. The van der Waals surface area contributed by atoms with Gasteiger partial charge in [-0.1, -0.05) is 20.8 Å². The van der Waals surface area contributed by atoms with Crippen molar-refractivity contribution >= 4 is 23.2 Å². The number of thiazole rings is 1. The van der Waals surface area contributed by atoms with Crippen LogP contribution in [-0.4, -0.2) is 34.8 Å². The van der Waals surface area contributed by atoms with Crippen LogP contribution in [0.4, 0.5) is 0 Å². The van der Waals surface area contributed by atoms with Crippen molar-refractivity contribution in [2.75, 3.05) is 13.1 Å². The molecule has 1 aromatic rings. The lowest BCUT2D eigenvalue weighted by atomic mass is 9.96. The molecule has 116 valence electrons. The van der Waals surface area contributed by atoms with E-state index in [2.05, 4.69) is 25.8 Å². The predicted octanol–water partition coefficient (Wildman–Crippen LogP) is 2.09. The first-order valence-corrected chi connectivity index (χ1v) is 8.08. The first-order chi connectivity index (χ1) is 9.70. The molecule has 1 saturated heterocycles. The van der Waals surface area contributed by atoms with Crippen LogP contribution in [0.15, 0.2) is 0 Å². The van der Waals surface area contributed by atoms with Gasteiger partial charge < -0.3 is 10.6 Å². The highest BCUT2D eigenvalue weighted by Gasteiger charge is 2.29. The number of aryl methyl sites for hydroxylation is 1. The summed E-state index contributed by atoms with van der Waals surface area (Å²) in [5, 5.41) is 0.982. The number of carbonyl (C=O) groups excluding carboxylic acids is 2. The molecule has 1 fully saturated rings. The normalized spacial score (nSPS) is 17.0. The van der Waals surface area contributed by atoms with Gasteiger partial charge in [-0.2, -0.15) is 0 Å². The zero-order valence-corrected chi connectivity index (χ0v) is 13.9. The van der Waals surface area contributed by atoms with Gasteiger partial charge in [0.1, 0.15) is 4.88 Å². The van der Waals surface area contributed by atoms with E-state index in [4.69, 9.17) is 5.73 Å². The number of carbonyl (C=O) groups is 2. The van der Waals surface area contributed by atoms with Crippen molar-refractivity contribution in [3.63, 3.8) is 0 Å². The molecule has 5 nitrogen and oxygen atoms in total. The Morgan fingerprint density at radius 1 is 1.29 bits per heavy atom. The van der Waals surface area contributed by atoms with E-state index in [9.17, 15) is 9.59 Å². The molecule has 0 radical (unpaired) electrons. The fourth-order valence-electron chi connectivity index (χ4n) is 2.43. The average Bonchev–Trinajstić information content (AvgIpc) is 2.80. The quantitative estimate of drug-likeness (QED) is 0.908. The summed E-state index contributed by atoms with van der Waals surface area (Å²) in [6.45, 7) is 9.35. The van der Waals surface area contributed by atoms with Crippen molar-refractivity contribution in [2.45, 2.75) is 46.0 Å². The van der Waals surface area contributed by atoms with Crippen LogP contribution < -0.4 is 5.73 Å². The molecular formula is C15H23N3O2S. The third-order valence-corrected chi connectivity index (χ3v) is 5.39. The lowest BCUT2D eigenvalue weighted by Gasteiger charge is -2.30. The van der Waals surface area contributed by atoms with Gasteiger partial charge in [-0.15, -0.1) is 11.3 Å². The van der Waals surface area contributed by atoms with E-state index < -0.39 is 0 Å². The Morgan fingerprint density at radius 3 is 2.29 bits per heavy atom. The third-order valence-electron chi connectivity index (χ3n) is 3.82. The molecule has 0 spiro atoms. The molecule has 1 aliphatic rings. The molecule has 0 atom stereocenters. The Balaban J connectivity index is 2.11. The number of nitrogens with zero attached hydrogens (tertiary/aromatic N) is 2. The maximum atomic E-state index is 12.6.